The van der Waals surface area contributed by atoms with E-state index in [4.69, 9.17) is 0 Å². The summed E-state index contributed by atoms with van der Waals surface area (Å²) >= 11 is 0. The van der Waals surface area contributed by atoms with Crippen molar-refractivity contribution in [1.82, 2.24) is 0 Å². The van der Waals surface area contributed by atoms with Crippen LogP contribution in [-0.2, 0) is 19.6 Å². The van der Waals surface area contributed by atoms with Gasteiger partial charge in [-0.1, -0.05) is 11.6 Å². The van der Waals surface area contributed by atoms with Gasteiger partial charge in [-0.15, -0.1) is 0 Å². The molecule has 2 aromatic rings. The van der Waals surface area contributed by atoms with Gasteiger partial charge in [-0.05, 0) is 43.3 Å². The highest BCUT2D eigenvalue weighted by atomic mass is 32.2. The van der Waals surface area contributed by atoms with Gasteiger partial charge in [-0.2, -0.15) is 0 Å². The Bertz CT molecular complexity index is 1090. The number of rotatable bonds is 3. The summed E-state index contributed by atoms with van der Waals surface area (Å²) in [6, 6.07) is 10.8. The number of fused-ring (bicyclic) bond motifs is 1. The maximum atomic E-state index is 13.2. The zero-order valence-electron chi connectivity index (χ0n) is 15.2. The second-order valence-corrected chi connectivity index (χ2v) is 8.75. The molecular weight excluding hydrogens is 380 g/mol. The number of benzene rings is 2. The number of hydrogen-bond acceptors (Lipinski definition) is 5. The molecule has 0 aromatic heterocycles. The Hall–Kier alpha value is -3.00. The molecule has 8 heteroatoms. The van der Waals surface area contributed by atoms with Crippen molar-refractivity contribution in [1.29, 1.82) is 0 Å². The molecule has 0 bridgehead atoms. The van der Waals surface area contributed by atoms with Crippen molar-refractivity contribution in [2.45, 2.75) is 31.1 Å². The fourth-order valence-electron chi connectivity index (χ4n) is 3.56. The van der Waals surface area contributed by atoms with E-state index in [9.17, 15) is 22.8 Å². The first kappa shape index (κ1) is 18.4. The number of ketones is 1. The van der Waals surface area contributed by atoms with E-state index in [0.717, 1.165) is 10.5 Å². The average Bonchev–Trinajstić information content (AvgIpc) is 3.00. The molecule has 2 aromatic carbocycles. The molecule has 2 heterocycles. The van der Waals surface area contributed by atoms with E-state index in [2.05, 4.69) is 0 Å². The third-order valence-electron chi connectivity index (χ3n) is 5.00. The molecule has 1 fully saturated rings. The summed E-state index contributed by atoms with van der Waals surface area (Å²) in [4.78, 5) is 37.0. The molecule has 7 nitrogen and oxygen atoms in total. The number of nitrogens with zero attached hydrogens (tertiary/aromatic N) is 2. The van der Waals surface area contributed by atoms with E-state index in [-0.39, 0.29) is 48.3 Å². The first-order chi connectivity index (χ1) is 13.3. The Morgan fingerprint density at radius 3 is 2.14 bits per heavy atom. The van der Waals surface area contributed by atoms with E-state index < -0.39 is 10.0 Å². The van der Waals surface area contributed by atoms with Gasteiger partial charge in [0.2, 0.25) is 11.8 Å². The lowest BCUT2D eigenvalue weighted by Crippen LogP contribution is -2.37. The molecule has 0 N–H and O–H groups in total. The van der Waals surface area contributed by atoms with Gasteiger partial charge in [0.05, 0.1) is 16.3 Å². The molecule has 0 unspecified atom stereocenters. The number of amides is 2. The van der Waals surface area contributed by atoms with Crippen molar-refractivity contribution >= 4 is 39.0 Å². The van der Waals surface area contributed by atoms with Gasteiger partial charge in [0.1, 0.15) is 0 Å². The highest BCUT2D eigenvalue weighted by Gasteiger charge is 2.33. The number of carbonyl (C=O) groups excluding carboxylic acids is 3. The SMILES string of the molecule is Cc1ccc2c(c1)C(=O)CCN2S(=O)(=O)c1ccc(N2C(=O)CCC2=O)cc1. The van der Waals surface area contributed by atoms with Gasteiger partial charge in [-0.25, -0.2) is 8.42 Å². The fraction of sp³-hybridized carbons (Fsp3) is 0.250. The number of Topliss-reactive ketones (excluding diaryl/α,β-unsaturated/α-hetero) is 1. The largest absolute Gasteiger partial charge is 0.294 e. The van der Waals surface area contributed by atoms with Crippen LogP contribution >= 0.6 is 0 Å². The number of sulfonamides is 1. The summed E-state index contributed by atoms with van der Waals surface area (Å²) in [5.74, 6) is -0.662. The molecule has 0 aliphatic carbocycles. The first-order valence-corrected chi connectivity index (χ1v) is 10.4. The normalized spacial score (nSPS) is 17.2. The van der Waals surface area contributed by atoms with Crippen LogP contribution in [0.15, 0.2) is 47.4 Å². The summed E-state index contributed by atoms with van der Waals surface area (Å²) in [5.41, 5.74) is 2.02. The van der Waals surface area contributed by atoms with Gasteiger partial charge in [0, 0.05) is 31.4 Å². The molecule has 2 aliphatic rings. The molecule has 2 aliphatic heterocycles. The predicted molar refractivity (Wildman–Crippen MR) is 103 cm³/mol. The van der Waals surface area contributed by atoms with Crippen molar-refractivity contribution in [2.24, 2.45) is 0 Å². The topological polar surface area (TPSA) is 91.8 Å². The lowest BCUT2D eigenvalue weighted by atomic mass is 10.0. The number of imide groups is 1. The second kappa shape index (κ2) is 6.56. The maximum absolute atomic E-state index is 13.2. The van der Waals surface area contributed by atoms with E-state index in [0.29, 0.717) is 16.9 Å². The van der Waals surface area contributed by atoms with Crippen molar-refractivity contribution in [3.63, 3.8) is 0 Å². The third-order valence-corrected chi connectivity index (χ3v) is 6.82. The van der Waals surface area contributed by atoms with E-state index in [1.54, 1.807) is 18.2 Å². The van der Waals surface area contributed by atoms with Crippen LogP contribution < -0.4 is 9.21 Å². The molecule has 0 radical (unpaired) electrons. The van der Waals surface area contributed by atoms with Gasteiger partial charge in [0.15, 0.2) is 5.78 Å². The number of aryl methyl sites for hydroxylation is 1. The average molecular weight is 398 g/mol. The Morgan fingerprint density at radius 2 is 1.50 bits per heavy atom. The highest BCUT2D eigenvalue weighted by Crippen LogP contribution is 2.33. The van der Waals surface area contributed by atoms with Crippen LogP contribution in [-0.4, -0.2) is 32.6 Å². The minimum Gasteiger partial charge on any atom is -0.294 e. The first-order valence-electron chi connectivity index (χ1n) is 8.91. The van der Waals surface area contributed by atoms with Crippen LogP contribution in [0.2, 0.25) is 0 Å². The van der Waals surface area contributed by atoms with Gasteiger partial charge < -0.3 is 0 Å². The molecule has 144 valence electrons. The Balaban J connectivity index is 1.70. The van der Waals surface area contributed by atoms with Gasteiger partial charge >= 0.3 is 0 Å². The number of hydrogen-bond donors (Lipinski definition) is 0. The second-order valence-electron chi connectivity index (χ2n) is 6.89. The predicted octanol–water partition coefficient (Wildman–Crippen LogP) is 2.43. The summed E-state index contributed by atoms with van der Waals surface area (Å²) < 4.78 is 27.6. The Kier molecular flexibility index (Phi) is 4.30. The fourth-order valence-corrected chi connectivity index (χ4v) is 5.04. The van der Waals surface area contributed by atoms with E-state index >= 15 is 0 Å². The molecule has 0 spiro atoms. The monoisotopic (exact) mass is 398 g/mol. The van der Waals surface area contributed by atoms with Gasteiger partial charge in [0.25, 0.3) is 10.0 Å². The maximum Gasteiger partial charge on any atom is 0.264 e. The van der Waals surface area contributed by atoms with Crippen LogP contribution in [0.1, 0.15) is 35.2 Å². The molecule has 2 amide bonds. The van der Waals surface area contributed by atoms with Crippen molar-refractivity contribution in [3.8, 4) is 0 Å². The van der Waals surface area contributed by atoms with Crippen LogP contribution in [0.25, 0.3) is 0 Å². The van der Waals surface area contributed by atoms with Crippen molar-refractivity contribution in [3.05, 3.63) is 53.6 Å². The van der Waals surface area contributed by atoms with Crippen LogP contribution in [0.3, 0.4) is 0 Å². The van der Waals surface area contributed by atoms with Crippen molar-refractivity contribution in [2.75, 3.05) is 15.7 Å². The minimum absolute atomic E-state index is 0.0382. The van der Waals surface area contributed by atoms with Crippen LogP contribution in [0.4, 0.5) is 11.4 Å². The summed E-state index contributed by atoms with van der Waals surface area (Å²) in [5, 5.41) is 0. The minimum atomic E-state index is -3.89. The quantitative estimate of drug-likeness (QED) is 0.741. The smallest absolute Gasteiger partial charge is 0.264 e. The molecular formula is C20H18N2O5S. The zero-order chi connectivity index (χ0) is 20.1. The lowest BCUT2D eigenvalue weighted by Gasteiger charge is -2.30. The molecule has 0 saturated carbocycles. The number of anilines is 2. The molecule has 1 saturated heterocycles. The third kappa shape index (κ3) is 2.90. The highest BCUT2D eigenvalue weighted by molar-refractivity contribution is 7.92. The van der Waals surface area contributed by atoms with Gasteiger partial charge in [-0.3, -0.25) is 23.6 Å². The van der Waals surface area contributed by atoms with Crippen LogP contribution in [0, 0.1) is 6.92 Å². The molecule has 0 atom stereocenters. The summed E-state index contributed by atoms with van der Waals surface area (Å²) in [6.45, 7) is 1.92. The lowest BCUT2D eigenvalue weighted by molar-refractivity contribution is -0.121. The van der Waals surface area contributed by atoms with Crippen molar-refractivity contribution < 1.29 is 22.8 Å². The standard InChI is InChI=1S/C20H18N2O5S/c1-13-2-7-17-16(12-13)18(23)10-11-21(17)28(26,27)15-5-3-14(4-6-15)22-19(24)8-9-20(22)25/h2-7,12H,8-11H2,1H3. The number of carbonyl (C=O) groups is 3. The molecule has 28 heavy (non-hydrogen) atoms. The Morgan fingerprint density at radius 1 is 0.857 bits per heavy atom. The summed E-state index contributed by atoms with van der Waals surface area (Å²) in [6.07, 6.45) is 0.443. The van der Waals surface area contributed by atoms with Crippen LogP contribution in [0.5, 0.6) is 0 Å². The van der Waals surface area contributed by atoms with E-state index in [1.807, 2.05) is 6.92 Å². The molecule has 4 rings (SSSR count). The Labute approximate surface area is 162 Å². The van der Waals surface area contributed by atoms with E-state index in [1.165, 1.54) is 28.6 Å². The summed E-state index contributed by atoms with van der Waals surface area (Å²) in [7, 11) is -3.89. The zero-order valence-corrected chi connectivity index (χ0v) is 16.0.